The van der Waals surface area contributed by atoms with E-state index in [2.05, 4.69) is 4.99 Å². The van der Waals surface area contributed by atoms with Gasteiger partial charge in [-0.2, -0.15) is 0 Å². The number of fused-ring (bicyclic) bond motifs is 2. The van der Waals surface area contributed by atoms with E-state index in [1.165, 1.54) is 13.8 Å². The Kier molecular flexibility index (Phi) is 10.1. The molecular formula is C31H30NNaO11S. The number of phenolic OH excluding ortho intramolecular Hbond substituents is 4. The van der Waals surface area contributed by atoms with E-state index in [-0.39, 0.29) is 90.4 Å². The molecule has 2 aromatic carbocycles. The minimum atomic E-state index is -4.64. The van der Waals surface area contributed by atoms with Gasteiger partial charge in [-0.15, -0.1) is 0 Å². The van der Waals surface area contributed by atoms with Crippen LogP contribution in [-0.4, -0.2) is 51.9 Å². The summed E-state index contributed by atoms with van der Waals surface area (Å²) in [5, 5.41) is 44.7. The van der Waals surface area contributed by atoms with Crippen LogP contribution < -0.4 is 51.3 Å². The van der Waals surface area contributed by atoms with Crippen LogP contribution in [0.5, 0.6) is 23.0 Å². The standard InChI is InChI=1S/C31H31NO11S.Na/c1-11(2)18-22-15(9-17(33)29(18)38)27(36)20(13(5)25(22)34)21-14(6)26(35)24-19(12(3)4)31(40)28(37)16(23(24)30(21)39)10-32-7-8-44(41,42)43;/h9-12,35,37,39-40H,7-8H2,1-6H3,(H,41,42,43);/q;+1/p-1. The number of phenols is 4. The average Bonchev–Trinajstić information content (AvgIpc) is 2.92. The zero-order chi connectivity index (χ0) is 33.2. The monoisotopic (exact) mass is 647 g/mol. The van der Waals surface area contributed by atoms with Gasteiger partial charge in [0.25, 0.3) is 0 Å². The molecule has 2 aliphatic rings. The first-order valence-corrected chi connectivity index (χ1v) is 15.2. The van der Waals surface area contributed by atoms with Crippen LogP contribution in [-0.2, 0) is 10.1 Å². The number of hydrogen-bond acceptors (Lipinski definition) is 12. The second kappa shape index (κ2) is 12.6. The van der Waals surface area contributed by atoms with E-state index in [1.54, 1.807) is 27.7 Å². The molecule has 0 saturated carbocycles. The Morgan fingerprint density at radius 1 is 0.756 bits per heavy atom. The van der Waals surface area contributed by atoms with Gasteiger partial charge in [-0.25, -0.2) is 8.42 Å². The van der Waals surface area contributed by atoms with Gasteiger partial charge in [0.2, 0.25) is 10.9 Å². The van der Waals surface area contributed by atoms with Gasteiger partial charge in [0.15, 0.2) is 22.4 Å². The largest absolute Gasteiger partial charge is 1.00 e. The molecule has 2 aliphatic carbocycles. The Bertz CT molecular complexity index is 2200. The number of benzene rings is 4. The van der Waals surface area contributed by atoms with E-state index in [1.807, 2.05) is 0 Å². The molecule has 0 fully saturated rings. The van der Waals surface area contributed by atoms with Crippen molar-refractivity contribution in [3.63, 3.8) is 0 Å². The maximum atomic E-state index is 14.0. The van der Waals surface area contributed by atoms with Crippen LogP contribution in [0.1, 0.15) is 67.3 Å². The van der Waals surface area contributed by atoms with Crippen molar-refractivity contribution in [3.05, 3.63) is 74.8 Å². The summed E-state index contributed by atoms with van der Waals surface area (Å²) in [5.41, 5.74) is -5.39. The predicted octanol–water partition coefficient (Wildman–Crippen LogP) is -0.418. The van der Waals surface area contributed by atoms with Gasteiger partial charge in [-0.05, 0) is 25.7 Å². The zero-order valence-electron chi connectivity index (χ0n) is 25.7. The van der Waals surface area contributed by atoms with Gasteiger partial charge in [-0.3, -0.25) is 24.2 Å². The zero-order valence-corrected chi connectivity index (χ0v) is 28.5. The first kappa shape index (κ1) is 35.9. The summed E-state index contributed by atoms with van der Waals surface area (Å²) in [6, 6.07) is 0.784. The van der Waals surface area contributed by atoms with Crippen LogP contribution in [0.2, 0.25) is 0 Å². The van der Waals surface area contributed by atoms with Crippen LogP contribution in [0.15, 0.2) is 30.2 Å². The molecule has 0 aliphatic heterocycles. The van der Waals surface area contributed by atoms with Gasteiger partial charge < -0.3 is 25.0 Å². The van der Waals surface area contributed by atoms with Gasteiger partial charge in [-0.1, -0.05) is 27.7 Å². The Hall–Kier alpha value is -3.62. The number of rotatable bonds is 7. The normalized spacial score (nSPS) is 12.2. The summed E-state index contributed by atoms with van der Waals surface area (Å²) in [6.07, 6.45) is 0.906. The summed E-state index contributed by atoms with van der Waals surface area (Å²) in [5.74, 6) is -4.65. The van der Waals surface area contributed by atoms with E-state index >= 15 is 0 Å². The number of nitrogens with zero attached hydrogens (tertiary/aromatic N) is 1. The second-order valence-corrected chi connectivity index (χ2v) is 12.8. The van der Waals surface area contributed by atoms with Crippen molar-refractivity contribution in [2.75, 3.05) is 12.3 Å². The van der Waals surface area contributed by atoms with E-state index < -0.39 is 79.0 Å². The van der Waals surface area contributed by atoms with Crippen molar-refractivity contribution >= 4 is 27.1 Å². The summed E-state index contributed by atoms with van der Waals surface area (Å²) in [6.45, 7) is 8.62. The maximum Gasteiger partial charge on any atom is 1.00 e. The SMILES string of the molecule is Cc1c(-c2c(C)c(=O)c3c(C(C)C)c(=O)c(=O)cc-3c2=O)c(O)c2c(C=NCCS(=O)(=O)[O-])c(O)c(O)c(C(C)C)c2c1O.[Na+]. The fourth-order valence-corrected chi connectivity index (χ4v) is 6.05. The van der Waals surface area contributed by atoms with Gasteiger partial charge in [0.1, 0.15) is 11.5 Å². The molecule has 4 N–H and O–H groups in total. The van der Waals surface area contributed by atoms with Crippen LogP contribution in [0.25, 0.3) is 33.0 Å². The molecule has 4 rings (SSSR count). The molecule has 0 bridgehead atoms. The summed E-state index contributed by atoms with van der Waals surface area (Å²) < 4.78 is 33.1. The fraction of sp³-hybridized carbons (Fsp3) is 0.323. The Morgan fingerprint density at radius 2 is 1.33 bits per heavy atom. The van der Waals surface area contributed by atoms with Crippen molar-refractivity contribution in [1.82, 2.24) is 0 Å². The van der Waals surface area contributed by atoms with Gasteiger partial charge in [0.05, 0.1) is 22.4 Å². The molecule has 0 saturated heterocycles. The maximum absolute atomic E-state index is 14.0. The second-order valence-electron chi connectivity index (χ2n) is 11.3. The first-order chi connectivity index (χ1) is 20.3. The van der Waals surface area contributed by atoms with Crippen LogP contribution >= 0.6 is 0 Å². The molecule has 0 heterocycles. The van der Waals surface area contributed by atoms with Crippen molar-refractivity contribution in [2.45, 2.75) is 53.4 Å². The van der Waals surface area contributed by atoms with Crippen molar-refractivity contribution < 1.29 is 63.0 Å². The average molecular weight is 648 g/mol. The van der Waals surface area contributed by atoms with E-state index in [0.717, 1.165) is 12.3 Å². The van der Waals surface area contributed by atoms with Crippen molar-refractivity contribution in [3.8, 4) is 45.3 Å². The van der Waals surface area contributed by atoms with Crippen molar-refractivity contribution in [2.24, 2.45) is 4.99 Å². The molecule has 14 heteroatoms. The van der Waals surface area contributed by atoms with Crippen LogP contribution in [0.4, 0.5) is 0 Å². The molecule has 0 unspecified atom stereocenters. The number of aliphatic imine (C=N–C) groups is 1. The van der Waals surface area contributed by atoms with E-state index in [0.29, 0.717) is 0 Å². The number of hydrogen-bond donors (Lipinski definition) is 4. The summed E-state index contributed by atoms with van der Waals surface area (Å²) in [4.78, 5) is 56.8. The Labute approximate surface area is 279 Å². The van der Waals surface area contributed by atoms with Crippen LogP contribution in [0.3, 0.4) is 0 Å². The van der Waals surface area contributed by atoms with E-state index in [4.69, 9.17) is 0 Å². The van der Waals surface area contributed by atoms with Crippen molar-refractivity contribution in [1.29, 1.82) is 0 Å². The Morgan fingerprint density at radius 3 is 1.87 bits per heavy atom. The molecule has 232 valence electrons. The quantitative estimate of drug-likeness (QED) is 0.0504. The third-order valence-corrected chi connectivity index (χ3v) is 8.44. The smallest absolute Gasteiger partial charge is 0.748 e. The summed E-state index contributed by atoms with van der Waals surface area (Å²) in [7, 11) is -4.64. The minimum Gasteiger partial charge on any atom is -0.748 e. The third kappa shape index (κ3) is 5.90. The van der Waals surface area contributed by atoms with Gasteiger partial charge in [0, 0.05) is 73.1 Å². The topological polar surface area (TPSA) is 219 Å². The molecule has 0 spiro atoms. The molecule has 0 amide bonds. The van der Waals surface area contributed by atoms with E-state index in [9.17, 15) is 52.6 Å². The fourth-order valence-electron chi connectivity index (χ4n) is 5.72. The minimum absolute atomic E-state index is 0. The molecule has 12 nitrogen and oxygen atoms in total. The molecule has 0 atom stereocenters. The molecule has 0 radical (unpaired) electrons. The van der Waals surface area contributed by atoms with Crippen LogP contribution in [0, 0.1) is 13.8 Å². The molecule has 0 aromatic heterocycles. The number of aromatic hydroxyl groups is 4. The molecule has 2 aromatic rings. The predicted molar refractivity (Wildman–Crippen MR) is 165 cm³/mol. The molecule has 45 heavy (non-hydrogen) atoms. The first-order valence-electron chi connectivity index (χ1n) is 13.6. The summed E-state index contributed by atoms with van der Waals surface area (Å²) >= 11 is 0. The molecular weight excluding hydrogens is 617 g/mol. The Balaban J connectivity index is 0.00000552. The van der Waals surface area contributed by atoms with Gasteiger partial charge >= 0.3 is 29.6 Å². The third-order valence-electron chi connectivity index (χ3n) is 7.76.